The number of hydrogen-bond donors (Lipinski definition) is 1. The molecule has 1 amide bonds. The van der Waals surface area contributed by atoms with Gasteiger partial charge in [-0.15, -0.1) is 0 Å². The molecule has 6 nitrogen and oxygen atoms in total. The van der Waals surface area contributed by atoms with E-state index in [9.17, 15) is 22.0 Å². The van der Waals surface area contributed by atoms with Crippen LogP contribution in [0, 0.1) is 25.5 Å². The highest BCUT2D eigenvalue weighted by Gasteiger charge is 2.37. The Bertz CT molecular complexity index is 1290. The first-order valence-electron chi connectivity index (χ1n) is 9.78. The summed E-state index contributed by atoms with van der Waals surface area (Å²) in [5, 5.41) is 2.45. The van der Waals surface area contributed by atoms with Gasteiger partial charge in [-0.1, -0.05) is 23.8 Å². The fourth-order valence-electron chi connectivity index (χ4n) is 3.36. The third-order valence-electron chi connectivity index (χ3n) is 5.07. The molecule has 0 aromatic heterocycles. The first-order valence-corrected chi connectivity index (χ1v) is 11.2. The highest BCUT2D eigenvalue weighted by atomic mass is 32.2. The molecule has 0 aliphatic carbocycles. The molecule has 1 atom stereocenters. The normalized spacial score (nSPS) is 15.6. The van der Waals surface area contributed by atoms with Gasteiger partial charge in [0, 0.05) is 11.8 Å². The van der Waals surface area contributed by atoms with Crippen LogP contribution in [0.25, 0.3) is 0 Å². The van der Waals surface area contributed by atoms with Crippen LogP contribution in [0.15, 0.2) is 65.6 Å². The SMILES string of the molecule is Cc1ccc(S(=O)(=O)N2C[C@H](C(=O)Nc3ccc(F)c(F)c3)Oc3cc(C)ccc32)cc1. The number of carbonyl (C=O) groups excluding carboxylic acids is 1. The van der Waals surface area contributed by atoms with E-state index < -0.39 is 33.7 Å². The number of nitrogens with zero attached hydrogens (tertiary/aromatic N) is 1. The molecule has 32 heavy (non-hydrogen) atoms. The van der Waals surface area contributed by atoms with Crippen LogP contribution in [0.5, 0.6) is 5.75 Å². The van der Waals surface area contributed by atoms with Crippen LogP contribution in [0.3, 0.4) is 0 Å². The topological polar surface area (TPSA) is 75.7 Å². The molecule has 0 fully saturated rings. The van der Waals surface area contributed by atoms with Crippen molar-refractivity contribution >= 4 is 27.3 Å². The lowest BCUT2D eigenvalue weighted by atomic mass is 10.1. The lowest BCUT2D eigenvalue weighted by Crippen LogP contribution is -2.48. The summed E-state index contributed by atoms with van der Waals surface area (Å²) in [5.41, 5.74) is 2.07. The van der Waals surface area contributed by atoms with Gasteiger partial charge < -0.3 is 10.1 Å². The molecule has 0 radical (unpaired) electrons. The van der Waals surface area contributed by atoms with Crippen LogP contribution in [0.2, 0.25) is 0 Å². The molecule has 0 spiro atoms. The largest absolute Gasteiger partial charge is 0.476 e. The Morgan fingerprint density at radius 1 is 0.969 bits per heavy atom. The molecule has 0 saturated heterocycles. The van der Waals surface area contributed by atoms with Gasteiger partial charge in [0.15, 0.2) is 17.7 Å². The molecule has 1 aliphatic heterocycles. The highest BCUT2D eigenvalue weighted by molar-refractivity contribution is 7.92. The predicted octanol–water partition coefficient (Wildman–Crippen LogP) is 4.18. The van der Waals surface area contributed by atoms with Gasteiger partial charge in [-0.05, 0) is 55.8 Å². The Morgan fingerprint density at radius 3 is 2.34 bits per heavy atom. The number of carbonyl (C=O) groups is 1. The Kier molecular flexibility index (Phi) is 5.60. The predicted molar refractivity (Wildman–Crippen MR) is 116 cm³/mol. The molecule has 0 bridgehead atoms. The molecule has 1 N–H and O–H groups in total. The number of amides is 1. The minimum atomic E-state index is -3.99. The van der Waals surface area contributed by atoms with Gasteiger partial charge in [-0.25, -0.2) is 17.2 Å². The molecule has 166 valence electrons. The van der Waals surface area contributed by atoms with Crippen LogP contribution < -0.4 is 14.4 Å². The second kappa shape index (κ2) is 8.23. The number of rotatable bonds is 4. The van der Waals surface area contributed by atoms with Crippen molar-refractivity contribution in [3.63, 3.8) is 0 Å². The number of anilines is 2. The van der Waals surface area contributed by atoms with E-state index in [0.717, 1.165) is 27.6 Å². The second-order valence-corrected chi connectivity index (χ2v) is 9.41. The molecule has 3 aromatic rings. The number of sulfonamides is 1. The lowest BCUT2D eigenvalue weighted by molar-refractivity contribution is -0.122. The molecule has 1 heterocycles. The zero-order chi connectivity index (χ0) is 23.0. The van der Waals surface area contributed by atoms with E-state index in [2.05, 4.69) is 5.32 Å². The van der Waals surface area contributed by atoms with Crippen molar-refractivity contribution in [3.8, 4) is 5.75 Å². The van der Waals surface area contributed by atoms with Crippen LogP contribution in [0.1, 0.15) is 11.1 Å². The minimum absolute atomic E-state index is 0.0282. The van der Waals surface area contributed by atoms with Crippen LogP contribution in [0.4, 0.5) is 20.2 Å². The summed E-state index contributed by atoms with van der Waals surface area (Å²) in [6, 6.07) is 14.3. The zero-order valence-corrected chi connectivity index (χ0v) is 18.1. The molecule has 0 unspecified atom stereocenters. The van der Waals surface area contributed by atoms with E-state index >= 15 is 0 Å². The molecule has 3 aromatic carbocycles. The Balaban J connectivity index is 1.69. The van der Waals surface area contributed by atoms with Crippen molar-refractivity contribution in [2.75, 3.05) is 16.2 Å². The fourth-order valence-corrected chi connectivity index (χ4v) is 4.84. The number of aryl methyl sites for hydroxylation is 2. The second-order valence-electron chi connectivity index (χ2n) is 7.55. The first kappa shape index (κ1) is 21.8. The maximum atomic E-state index is 13.5. The molecule has 9 heteroatoms. The lowest BCUT2D eigenvalue weighted by Gasteiger charge is -2.35. The van der Waals surface area contributed by atoms with E-state index in [4.69, 9.17) is 4.74 Å². The first-order chi connectivity index (χ1) is 15.1. The third kappa shape index (κ3) is 4.16. The number of benzene rings is 3. The number of halogens is 2. The average molecular weight is 458 g/mol. The summed E-state index contributed by atoms with van der Waals surface area (Å²) in [4.78, 5) is 12.9. The number of hydrogen-bond acceptors (Lipinski definition) is 4. The van der Waals surface area contributed by atoms with E-state index in [1.54, 1.807) is 30.3 Å². The summed E-state index contributed by atoms with van der Waals surface area (Å²) in [6.45, 7) is 3.37. The van der Waals surface area contributed by atoms with Crippen molar-refractivity contribution in [1.82, 2.24) is 0 Å². The maximum absolute atomic E-state index is 13.5. The standard InChI is InChI=1S/C23H20F2N2O4S/c1-14-3-7-17(8-4-14)32(29,30)27-13-22(31-21-11-15(2)5-10-20(21)27)23(28)26-16-6-9-18(24)19(25)12-16/h3-12,22H,13H2,1-2H3,(H,26,28)/t22-/m1/s1. The van der Waals surface area contributed by atoms with Crippen LogP contribution >= 0.6 is 0 Å². The van der Waals surface area contributed by atoms with Crippen molar-refractivity contribution in [1.29, 1.82) is 0 Å². The smallest absolute Gasteiger partial charge is 0.267 e. The molecule has 4 rings (SSSR count). The number of nitrogens with one attached hydrogen (secondary N) is 1. The van der Waals surface area contributed by atoms with Crippen molar-refractivity contribution in [3.05, 3.63) is 83.4 Å². The minimum Gasteiger partial charge on any atom is -0.476 e. The molecular weight excluding hydrogens is 438 g/mol. The summed E-state index contributed by atoms with van der Waals surface area (Å²) in [5.74, 6) is -2.61. The van der Waals surface area contributed by atoms with E-state index in [1.807, 2.05) is 13.8 Å². The van der Waals surface area contributed by atoms with Crippen LogP contribution in [-0.2, 0) is 14.8 Å². The van der Waals surface area contributed by atoms with Gasteiger partial charge in [0.05, 0.1) is 17.1 Å². The van der Waals surface area contributed by atoms with Gasteiger partial charge in [0.1, 0.15) is 5.75 Å². The Hall–Kier alpha value is -3.46. The van der Waals surface area contributed by atoms with E-state index in [-0.39, 0.29) is 22.9 Å². The molecule has 0 saturated carbocycles. The Morgan fingerprint density at radius 2 is 1.66 bits per heavy atom. The van der Waals surface area contributed by atoms with Gasteiger partial charge in [-0.2, -0.15) is 0 Å². The highest BCUT2D eigenvalue weighted by Crippen LogP contribution is 2.38. The monoisotopic (exact) mass is 458 g/mol. The van der Waals surface area contributed by atoms with Gasteiger partial charge in [0.25, 0.3) is 15.9 Å². The third-order valence-corrected chi connectivity index (χ3v) is 6.87. The number of fused-ring (bicyclic) bond motifs is 1. The van der Waals surface area contributed by atoms with Gasteiger partial charge in [-0.3, -0.25) is 9.10 Å². The zero-order valence-electron chi connectivity index (χ0n) is 17.3. The van der Waals surface area contributed by atoms with Gasteiger partial charge >= 0.3 is 0 Å². The van der Waals surface area contributed by atoms with Crippen molar-refractivity contribution in [2.24, 2.45) is 0 Å². The summed E-state index contributed by atoms with van der Waals surface area (Å²) in [7, 11) is -3.99. The quantitative estimate of drug-likeness (QED) is 0.637. The maximum Gasteiger partial charge on any atom is 0.267 e. The summed E-state index contributed by atoms with van der Waals surface area (Å²) >= 11 is 0. The van der Waals surface area contributed by atoms with Crippen molar-refractivity contribution in [2.45, 2.75) is 24.8 Å². The summed E-state index contributed by atoms with van der Waals surface area (Å²) in [6.07, 6.45) is -1.21. The van der Waals surface area contributed by atoms with Crippen molar-refractivity contribution < 1.29 is 26.7 Å². The molecule has 1 aliphatic rings. The average Bonchev–Trinajstić information content (AvgIpc) is 2.75. The van der Waals surface area contributed by atoms with Gasteiger partial charge in [0.2, 0.25) is 0 Å². The van der Waals surface area contributed by atoms with E-state index in [1.165, 1.54) is 18.2 Å². The Labute approximate surface area is 184 Å². The summed E-state index contributed by atoms with van der Waals surface area (Å²) < 4.78 is 60.4. The van der Waals surface area contributed by atoms with E-state index in [0.29, 0.717) is 5.69 Å². The fraction of sp³-hybridized carbons (Fsp3) is 0.174. The van der Waals surface area contributed by atoms with Crippen LogP contribution in [-0.4, -0.2) is 27.0 Å². The molecular formula is C23H20F2N2O4S. The number of ether oxygens (including phenoxy) is 1.